The zero-order chi connectivity index (χ0) is 21.4. The van der Waals surface area contributed by atoms with Crippen LogP contribution in [0.1, 0.15) is 43.3 Å². The van der Waals surface area contributed by atoms with E-state index in [4.69, 9.17) is 17.3 Å². The Hall–Kier alpha value is -1.90. The summed E-state index contributed by atoms with van der Waals surface area (Å²) in [6.07, 6.45) is 1.91. The van der Waals surface area contributed by atoms with Crippen LogP contribution in [0.2, 0.25) is 5.02 Å². The van der Waals surface area contributed by atoms with Crippen molar-refractivity contribution in [1.82, 2.24) is 14.9 Å². The van der Waals surface area contributed by atoms with Gasteiger partial charge < -0.3 is 15.5 Å². The van der Waals surface area contributed by atoms with Crippen LogP contribution in [0.15, 0.2) is 24.5 Å². The lowest BCUT2D eigenvalue weighted by molar-refractivity contribution is -0.133. The number of amides is 1. The molecule has 3 heterocycles. The third-order valence-corrected chi connectivity index (χ3v) is 7.27. The zero-order valence-corrected chi connectivity index (χ0v) is 18.6. The lowest BCUT2D eigenvalue weighted by Gasteiger charge is -2.42. The summed E-state index contributed by atoms with van der Waals surface area (Å²) in [7, 11) is 0. The van der Waals surface area contributed by atoms with Gasteiger partial charge >= 0.3 is 0 Å². The van der Waals surface area contributed by atoms with Crippen molar-refractivity contribution in [1.29, 1.82) is 0 Å². The molecule has 0 spiro atoms. The average molecular weight is 466 g/mol. The van der Waals surface area contributed by atoms with Gasteiger partial charge in [0.2, 0.25) is 5.91 Å². The molecule has 168 valence electrons. The molecular formula is C22H29ClFN5OS. The topological polar surface area (TPSA) is 75.4 Å². The first-order valence-corrected chi connectivity index (χ1v) is 11.5. The molecule has 2 aromatic rings. The molecule has 9 heteroatoms. The van der Waals surface area contributed by atoms with E-state index in [-0.39, 0.29) is 30.8 Å². The monoisotopic (exact) mass is 465 g/mol. The number of nitrogens with two attached hydrogens (primary N) is 1. The number of nitrogens with zero attached hydrogens (tertiary/aromatic N) is 4. The second-order valence-electron chi connectivity index (χ2n) is 7.90. The number of hydrogen-bond acceptors (Lipinski definition) is 6. The molecule has 2 aliphatic heterocycles. The third-order valence-electron chi connectivity index (χ3n) is 5.79. The summed E-state index contributed by atoms with van der Waals surface area (Å²) in [6, 6.07) is 3.92. The average Bonchev–Trinajstić information content (AvgIpc) is 3.11. The summed E-state index contributed by atoms with van der Waals surface area (Å²) in [4.78, 5) is 26.0. The van der Waals surface area contributed by atoms with Gasteiger partial charge in [-0.25, -0.2) is 14.4 Å². The molecule has 31 heavy (non-hydrogen) atoms. The van der Waals surface area contributed by atoms with Crippen molar-refractivity contribution in [2.45, 2.75) is 50.8 Å². The van der Waals surface area contributed by atoms with E-state index in [2.05, 4.69) is 28.7 Å². The van der Waals surface area contributed by atoms with Crippen molar-refractivity contribution in [3.63, 3.8) is 0 Å². The van der Waals surface area contributed by atoms with Crippen LogP contribution in [0.5, 0.6) is 0 Å². The number of carbonyl (C=O) groups is 1. The van der Waals surface area contributed by atoms with Crippen molar-refractivity contribution >= 4 is 35.1 Å². The molecule has 3 atom stereocenters. The van der Waals surface area contributed by atoms with Gasteiger partial charge in [0, 0.05) is 42.2 Å². The minimum atomic E-state index is -0.718. The van der Waals surface area contributed by atoms with E-state index in [1.54, 1.807) is 17.3 Å². The van der Waals surface area contributed by atoms with Crippen LogP contribution in [0.25, 0.3) is 0 Å². The number of fused-ring (bicyclic) bond motifs is 1. The fourth-order valence-corrected chi connectivity index (χ4v) is 5.35. The predicted molar refractivity (Wildman–Crippen MR) is 125 cm³/mol. The molecule has 1 fully saturated rings. The number of thioether (sulfide) groups is 1. The number of hydrogen-bond donors (Lipinski definition) is 1. The van der Waals surface area contributed by atoms with E-state index in [1.165, 1.54) is 17.7 Å². The molecule has 2 aliphatic rings. The zero-order valence-electron chi connectivity index (χ0n) is 17.0. The lowest BCUT2D eigenvalue weighted by atomic mass is 10.0. The largest absolute Gasteiger partial charge is 0.350 e. The van der Waals surface area contributed by atoms with Crippen molar-refractivity contribution in [2.24, 2.45) is 5.73 Å². The Morgan fingerprint density at radius 1 is 1.35 bits per heavy atom. The van der Waals surface area contributed by atoms with E-state index in [0.29, 0.717) is 30.4 Å². The van der Waals surface area contributed by atoms with Gasteiger partial charge in [0.1, 0.15) is 18.0 Å². The van der Waals surface area contributed by atoms with Gasteiger partial charge in [-0.3, -0.25) is 4.79 Å². The first kappa shape index (κ1) is 23.8. The van der Waals surface area contributed by atoms with Gasteiger partial charge in [-0.15, -0.1) is 11.8 Å². The molecule has 0 bridgehead atoms. The van der Waals surface area contributed by atoms with E-state index < -0.39 is 11.9 Å². The van der Waals surface area contributed by atoms with Crippen molar-refractivity contribution < 1.29 is 9.18 Å². The normalized spacial score (nSPS) is 21.5. The summed E-state index contributed by atoms with van der Waals surface area (Å²) >= 11 is 7.60. The highest BCUT2D eigenvalue weighted by atomic mass is 35.5. The third kappa shape index (κ3) is 4.81. The first-order chi connectivity index (χ1) is 14.3. The molecule has 0 saturated carbocycles. The summed E-state index contributed by atoms with van der Waals surface area (Å²) in [5, 5.41) is 0.434. The van der Waals surface area contributed by atoms with Crippen LogP contribution < -0.4 is 10.6 Å². The summed E-state index contributed by atoms with van der Waals surface area (Å²) in [5.74, 6) is 1.28. The Bertz CT molecular complexity index is 961. The smallest absolute Gasteiger partial charge is 0.239 e. The number of carbonyl (C=O) groups excluding carboxylic acids is 1. The van der Waals surface area contributed by atoms with Crippen LogP contribution in [-0.4, -0.2) is 52.5 Å². The Kier molecular flexibility index (Phi) is 7.44. The maximum Gasteiger partial charge on any atom is 0.239 e. The molecule has 1 amide bonds. The van der Waals surface area contributed by atoms with Crippen LogP contribution in [-0.2, 0) is 17.0 Å². The number of benzene rings is 1. The highest BCUT2D eigenvalue weighted by molar-refractivity contribution is 7.99. The fourth-order valence-electron chi connectivity index (χ4n) is 4.18. The number of anilines is 1. The van der Waals surface area contributed by atoms with Crippen molar-refractivity contribution in [3.05, 3.63) is 52.2 Å². The Morgan fingerprint density at radius 2 is 2.13 bits per heavy atom. The predicted octanol–water partition coefficient (Wildman–Crippen LogP) is 3.82. The number of aromatic nitrogens is 2. The quantitative estimate of drug-likeness (QED) is 0.739. The molecule has 2 N–H and O–H groups in total. The van der Waals surface area contributed by atoms with Crippen molar-refractivity contribution in [2.75, 3.05) is 24.5 Å². The maximum atomic E-state index is 13.7. The van der Waals surface area contributed by atoms with E-state index in [1.807, 2.05) is 11.8 Å². The van der Waals surface area contributed by atoms with Gasteiger partial charge in [-0.2, -0.15) is 0 Å². The minimum absolute atomic E-state index is 0. The SMILES string of the molecule is C.C[C@@H]1SCc2ncnc(N3CCN(C(=O)[C@H](N)Cc4ccc(Cl)c(F)c4)C[C@@H]3C)c21. The molecular weight excluding hydrogens is 437 g/mol. The van der Waals surface area contributed by atoms with Crippen LogP contribution >= 0.6 is 23.4 Å². The van der Waals surface area contributed by atoms with Crippen molar-refractivity contribution in [3.8, 4) is 0 Å². The maximum absolute atomic E-state index is 13.7. The molecule has 1 aromatic carbocycles. The van der Waals surface area contributed by atoms with E-state index in [9.17, 15) is 9.18 Å². The molecule has 0 unspecified atom stereocenters. The second-order valence-corrected chi connectivity index (χ2v) is 9.63. The Balaban J connectivity index is 0.00000272. The number of halogens is 2. The standard InChI is InChI=1S/C21H25ClFN5OS.CH4/c1-12-9-27(21(29)17(24)8-14-3-4-15(22)16(23)7-14)5-6-28(12)20-19-13(2)30-10-18(19)25-11-26-20;/h3-4,7,11-13,17H,5-6,8-10,24H2,1-2H3;1H4/t12-,13-,17+;/m0./s1. The van der Waals surface area contributed by atoms with Gasteiger partial charge in [0.25, 0.3) is 0 Å². The molecule has 0 radical (unpaired) electrons. The Morgan fingerprint density at radius 3 is 2.84 bits per heavy atom. The molecule has 1 saturated heterocycles. The lowest BCUT2D eigenvalue weighted by Crippen LogP contribution is -2.57. The second kappa shape index (κ2) is 9.71. The Labute approximate surface area is 192 Å². The van der Waals surface area contributed by atoms with E-state index in [0.717, 1.165) is 17.3 Å². The highest BCUT2D eigenvalue weighted by Gasteiger charge is 2.34. The summed E-state index contributed by atoms with van der Waals surface area (Å²) in [5.41, 5.74) is 9.16. The fraction of sp³-hybridized carbons (Fsp3) is 0.500. The van der Waals surface area contributed by atoms with E-state index >= 15 is 0 Å². The molecule has 6 nitrogen and oxygen atoms in total. The number of rotatable bonds is 4. The summed E-state index contributed by atoms with van der Waals surface area (Å²) < 4.78 is 13.7. The van der Waals surface area contributed by atoms with Crippen LogP contribution in [0.3, 0.4) is 0 Å². The van der Waals surface area contributed by atoms with Gasteiger partial charge in [-0.1, -0.05) is 25.1 Å². The highest BCUT2D eigenvalue weighted by Crippen LogP contribution is 2.44. The molecule has 1 aromatic heterocycles. The minimum Gasteiger partial charge on any atom is -0.350 e. The summed E-state index contributed by atoms with van der Waals surface area (Å²) in [6.45, 7) is 6.12. The van der Waals surface area contributed by atoms with Crippen LogP contribution in [0, 0.1) is 5.82 Å². The van der Waals surface area contributed by atoms with Gasteiger partial charge in [0.05, 0.1) is 16.8 Å². The molecule has 0 aliphatic carbocycles. The first-order valence-electron chi connectivity index (χ1n) is 10.1. The van der Waals surface area contributed by atoms with Gasteiger partial charge in [0.15, 0.2) is 0 Å². The van der Waals surface area contributed by atoms with Gasteiger partial charge in [-0.05, 0) is 38.0 Å². The number of piperazine rings is 1. The van der Waals surface area contributed by atoms with Crippen LogP contribution in [0.4, 0.5) is 10.2 Å². The molecule has 4 rings (SSSR count).